The molecular formula is C24H25FN4O2. The molecule has 0 unspecified atom stereocenters. The van der Waals surface area contributed by atoms with Gasteiger partial charge in [-0.2, -0.15) is 0 Å². The van der Waals surface area contributed by atoms with Crippen molar-refractivity contribution < 1.29 is 13.9 Å². The lowest BCUT2D eigenvalue weighted by Gasteiger charge is -2.35. The number of halogens is 1. The van der Waals surface area contributed by atoms with E-state index in [1.807, 2.05) is 12.1 Å². The fourth-order valence-corrected chi connectivity index (χ4v) is 3.54. The van der Waals surface area contributed by atoms with E-state index in [1.165, 1.54) is 17.7 Å². The van der Waals surface area contributed by atoms with E-state index in [0.717, 1.165) is 23.5 Å². The van der Waals surface area contributed by atoms with Crippen LogP contribution in [0.2, 0.25) is 0 Å². The molecule has 0 saturated carbocycles. The Morgan fingerprint density at radius 2 is 1.71 bits per heavy atom. The Hall–Kier alpha value is -3.48. The Kier molecular flexibility index (Phi) is 6.40. The van der Waals surface area contributed by atoms with E-state index in [2.05, 4.69) is 46.3 Å². The van der Waals surface area contributed by atoms with Crippen LogP contribution in [0.5, 0.6) is 5.75 Å². The number of hydrogen-bond acceptors (Lipinski definition) is 5. The third kappa shape index (κ3) is 4.99. The molecule has 1 aromatic heterocycles. The summed E-state index contributed by atoms with van der Waals surface area (Å²) in [6.45, 7) is 4.39. The number of nitrogens with zero attached hydrogens (tertiary/aromatic N) is 4. The molecule has 0 bridgehead atoms. The summed E-state index contributed by atoms with van der Waals surface area (Å²) in [4.78, 5) is 16.2. The fraction of sp³-hybridized carbons (Fsp3) is 0.292. The molecule has 2 heterocycles. The third-order valence-corrected chi connectivity index (χ3v) is 5.45. The van der Waals surface area contributed by atoms with Gasteiger partial charge in [-0.1, -0.05) is 43.3 Å². The number of hydrogen-bond donors (Lipinski definition) is 0. The normalized spacial score (nSPS) is 13.9. The Bertz CT molecular complexity index is 1020. The summed E-state index contributed by atoms with van der Waals surface area (Å²) >= 11 is 0. The second-order valence-electron chi connectivity index (χ2n) is 7.41. The lowest BCUT2D eigenvalue weighted by Crippen LogP contribution is -2.50. The van der Waals surface area contributed by atoms with Gasteiger partial charge in [0, 0.05) is 31.7 Å². The van der Waals surface area contributed by atoms with Crippen molar-refractivity contribution in [1.29, 1.82) is 0 Å². The van der Waals surface area contributed by atoms with E-state index in [0.29, 0.717) is 26.2 Å². The SMILES string of the molecule is CCc1ccc(-c2ccc(N3CCN(C(=O)COc4ccccc4F)CC3)nn2)cc1. The molecule has 0 N–H and O–H groups in total. The minimum absolute atomic E-state index is 0.0918. The first-order valence-corrected chi connectivity index (χ1v) is 10.5. The first kappa shape index (κ1) is 20.8. The quantitative estimate of drug-likeness (QED) is 0.610. The molecule has 0 spiro atoms. The van der Waals surface area contributed by atoms with E-state index in [1.54, 1.807) is 17.0 Å². The Morgan fingerprint density at radius 3 is 2.35 bits per heavy atom. The Labute approximate surface area is 181 Å². The van der Waals surface area contributed by atoms with Gasteiger partial charge in [-0.3, -0.25) is 4.79 Å². The van der Waals surface area contributed by atoms with Gasteiger partial charge in [0.05, 0.1) is 5.69 Å². The van der Waals surface area contributed by atoms with E-state index in [9.17, 15) is 9.18 Å². The van der Waals surface area contributed by atoms with Crippen molar-refractivity contribution >= 4 is 11.7 Å². The maximum Gasteiger partial charge on any atom is 0.260 e. The van der Waals surface area contributed by atoms with Crippen LogP contribution in [0, 0.1) is 5.82 Å². The third-order valence-electron chi connectivity index (χ3n) is 5.45. The zero-order valence-corrected chi connectivity index (χ0v) is 17.5. The average Bonchev–Trinajstić information content (AvgIpc) is 2.84. The molecule has 6 nitrogen and oxygen atoms in total. The van der Waals surface area contributed by atoms with Crippen LogP contribution in [0.3, 0.4) is 0 Å². The molecule has 1 amide bonds. The van der Waals surface area contributed by atoms with Crippen molar-refractivity contribution in [3.05, 3.63) is 72.0 Å². The van der Waals surface area contributed by atoms with Crippen molar-refractivity contribution in [2.45, 2.75) is 13.3 Å². The summed E-state index contributed by atoms with van der Waals surface area (Å²) in [6.07, 6.45) is 1.01. The van der Waals surface area contributed by atoms with Crippen molar-refractivity contribution in [1.82, 2.24) is 15.1 Å². The highest BCUT2D eigenvalue weighted by molar-refractivity contribution is 5.78. The van der Waals surface area contributed by atoms with Gasteiger partial charge in [0.15, 0.2) is 24.0 Å². The van der Waals surface area contributed by atoms with Gasteiger partial charge < -0.3 is 14.5 Å². The zero-order chi connectivity index (χ0) is 21.6. The van der Waals surface area contributed by atoms with Crippen LogP contribution in [0.4, 0.5) is 10.2 Å². The van der Waals surface area contributed by atoms with Crippen molar-refractivity contribution in [3.63, 3.8) is 0 Å². The summed E-state index contributed by atoms with van der Waals surface area (Å²) < 4.78 is 19.0. The Balaban J connectivity index is 1.30. The minimum atomic E-state index is -0.469. The molecule has 160 valence electrons. The number of piperazine rings is 1. The molecule has 1 saturated heterocycles. The summed E-state index contributed by atoms with van der Waals surface area (Å²) in [6, 6.07) is 18.4. The van der Waals surface area contributed by atoms with E-state index in [-0.39, 0.29) is 18.3 Å². The van der Waals surface area contributed by atoms with Gasteiger partial charge in [0.2, 0.25) is 0 Å². The number of benzene rings is 2. The largest absolute Gasteiger partial charge is 0.481 e. The molecule has 1 aliphatic heterocycles. The molecule has 0 aliphatic carbocycles. The van der Waals surface area contributed by atoms with Crippen molar-refractivity contribution in [2.75, 3.05) is 37.7 Å². The van der Waals surface area contributed by atoms with Crippen LogP contribution in [0.15, 0.2) is 60.7 Å². The molecule has 2 aromatic carbocycles. The molecule has 3 aromatic rings. The molecule has 1 fully saturated rings. The van der Waals surface area contributed by atoms with Crippen LogP contribution in [-0.2, 0) is 11.2 Å². The summed E-state index contributed by atoms with van der Waals surface area (Å²) in [7, 11) is 0. The highest BCUT2D eigenvalue weighted by Crippen LogP contribution is 2.20. The first-order valence-electron chi connectivity index (χ1n) is 10.5. The maximum atomic E-state index is 13.6. The van der Waals surface area contributed by atoms with Crippen molar-refractivity contribution in [3.8, 4) is 17.0 Å². The molecule has 4 rings (SSSR count). The van der Waals surface area contributed by atoms with E-state index < -0.39 is 5.82 Å². The van der Waals surface area contributed by atoms with Gasteiger partial charge in [-0.25, -0.2) is 4.39 Å². The van der Waals surface area contributed by atoms with Crippen LogP contribution >= 0.6 is 0 Å². The number of aromatic nitrogens is 2. The maximum absolute atomic E-state index is 13.6. The van der Waals surface area contributed by atoms with Gasteiger partial charge in [0.25, 0.3) is 5.91 Å². The first-order chi connectivity index (χ1) is 15.1. The molecule has 31 heavy (non-hydrogen) atoms. The Morgan fingerprint density at radius 1 is 0.968 bits per heavy atom. The van der Waals surface area contributed by atoms with Gasteiger partial charge in [0.1, 0.15) is 0 Å². The minimum Gasteiger partial charge on any atom is -0.481 e. The second-order valence-corrected chi connectivity index (χ2v) is 7.41. The lowest BCUT2D eigenvalue weighted by atomic mass is 10.1. The number of amides is 1. The number of ether oxygens (including phenoxy) is 1. The molecule has 7 heteroatoms. The van der Waals surface area contributed by atoms with Crippen LogP contribution in [0.1, 0.15) is 12.5 Å². The standard InChI is InChI=1S/C24H25FN4O2/c1-2-18-7-9-19(10-8-18)21-11-12-23(27-26-21)28-13-15-29(16-14-28)24(30)17-31-22-6-4-3-5-20(22)25/h3-12H,2,13-17H2,1H3. The number of anilines is 1. The molecular weight excluding hydrogens is 395 g/mol. The van der Waals surface area contributed by atoms with Gasteiger partial charge >= 0.3 is 0 Å². The zero-order valence-electron chi connectivity index (χ0n) is 17.5. The summed E-state index contributed by atoms with van der Waals surface area (Å²) in [5.41, 5.74) is 3.17. The predicted molar refractivity (Wildman–Crippen MR) is 118 cm³/mol. The number of rotatable bonds is 6. The lowest BCUT2D eigenvalue weighted by molar-refractivity contribution is -0.133. The van der Waals surface area contributed by atoms with E-state index >= 15 is 0 Å². The van der Waals surface area contributed by atoms with Crippen LogP contribution in [0.25, 0.3) is 11.3 Å². The molecule has 0 atom stereocenters. The molecule has 0 radical (unpaired) electrons. The van der Waals surface area contributed by atoms with Crippen LogP contribution in [-0.4, -0.2) is 53.8 Å². The second kappa shape index (κ2) is 9.55. The smallest absolute Gasteiger partial charge is 0.260 e. The highest BCUT2D eigenvalue weighted by atomic mass is 19.1. The summed E-state index contributed by atoms with van der Waals surface area (Å²) in [5.74, 6) is 0.265. The monoisotopic (exact) mass is 420 g/mol. The highest BCUT2D eigenvalue weighted by Gasteiger charge is 2.22. The van der Waals surface area contributed by atoms with Gasteiger partial charge in [-0.15, -0.1) is 10.2 Å². The topological polar surface area (TPSA) is 58.6 Å². The van der Waals surface area contributed by atoms with Crippen molar-refractivity contribution in [2.24, 2.45) is 0 Å². The number of para-hydroxylation sites is 1. The van der Waals surface area contributed by atoms with E-state index in [4.69, 9.17) is 4.74 Å². The molecule has 1 aliphatic rings. The average molecular weight is 420 g/mol. The number of carbonyl (C=O) groups is 1. The number of carbonyl (C=O) groups excluding carboxylic acids is 1. The van der Waals surface area contributed by atoms with Gasteiger partial charge in [-0.05, 0) is 36.2 Å². The summed E-state index contributed by atoms with van der Waals surface area (Å²) in [5, 5.41) is 8.76. The predicted octanol–water partition coefficient (Wildman–Crippen LogP) is 3.57. The number of aryl methyl sites for hydroxylation is 1. The van der Waals surface area contributed by atoms with Crippen LogP contribution < -0.4 is 9.64 Å². The fourth-order valence-electron chi connectivity index (χ4n) is 3.54.